The summed E-state index contributed by atoms with van der Waals surface area (Å²) in [6.45, 7) is 1.27. The Balaban J connectivity index is 1.33. The van der Waals surface area contributed by atoms with Gasteiger partial charge >= 0.3 is 6.03 Å². The van der Waals surface area contributed by atoms with Crippen molar-refractivity contribution in [2.75, 3.05) is 11.9 Å². The van der Waals surface area contributed by atoms with Crippen LogP contribution in [0, 0.1) is 0 Å². The van der Waals surface area contributed by atoms with E-state index < -0.39 is 0 Å². The third-order valence-corrected chi connectivity index (χ3v) is 5.28. The molecule has 138 valence electrons. The minimum Gasteiger partial charge on any atom is -0.359 e. The minimum absolute atomic E-state index is 0.0810. The number of fused-ring (bicyclic) bond motifs is 2. The van der Waals surface area contributed by atoms with E-state index in [1.165, 1.54) is 5.56 Å². The first-order valence-electron chi connectivity index (χ1n) is 9.43. The van der Waals surface area contributed by atoms with E-state index in [0.29, 0.717) is 13.1 Å². The van der Waals surface area contributed by atoms with Crippen molar-refractivity contribution in [3.8, 4) is 11.3 Å². The van der Waals surface area contributed by atoms with Crippen LogP contribution in [0.3, 0.4) is 0 Å². The second-order valence-corrected chi connectivity index (χ2v) is 7.05. The Morgan fingerprint density at radius 1 is 1.04 bits per heavy atom. The Hall–Kier alpha value is -3.60. The predicted molar refractivity (Wildman–Crippen MR) is 111 cm³/mol. The highest BCUT2D eigenvalue weighted by atomic mass is 16.2. The fourth-order valence-electron chi connectivity index (χ4n) is 3.75. The lowest BCUT2D eigenvalue weighted by atomic mass is 9.99. The Labute approximate surface area is 163 Å². The molecule has 2 N–H and O–H groups in total. The number of hydrogen-bond acceptors (Lipinski definition) is 2. The van der Waals surface area contributed by atoms with Crippen molar-refractivity contribution in [1.82, 2.24) is 14.9 Å². The number of urea groups is 1. The number of carbonyl (C=O) groups excluding carboxylic acids is 1. The number of benzene rings is 2. The van der Waals surface area contributed by atoms with Crippen LogP contribution in [0.25, 0.3) is 22.2 Å². The zero-order valence-corrected chi connectivity index (χ0v) is 15.4. The topological polar surface area (TPSA) is 61.0 Å². The third kappa shape index (κ3) is 3.01. The average Bonchev–Trinajstić information content (AvgIpc) is 3.16. The van der Waals surface area contributed by atoms with E-state index >= 15 is 0 Å². The van der Waals surface area contributed by atoms with Crippen LogP contribution >= 0.6 is 0 Å². The fraction of sp³-hybridized carbons (Fsp3) is 0.130. The number of rotatable bonds is 2. The molecule has 5 heteroatoms. The summed E-state index contributed by atoms with van der Waals surface area (Å²) in [5.41, 5.74) is 6.30. The molecule has 3 heterocycles. The highest BCUT2D eigenvalue weighted by molar-refractivity contribution is 6.01. The number of carbonyl (C=O) groups is 1. The van der Waals surface area contributed by atoms with E-state index in [1.807, 2.05) is 59.8 Å². The molecule has 0 unspecified atom stereocenters. The highest BCUT2D eigenvalue weighted by Gasteiger charge is 2.22. The number of H-pyrrole nitrogens is 1. The van der Waals surface area contributed by atoms with Crippen LogP contribution in [0.4, 0.5) is 10.5 Å². The fourth-order valence-corrected chi connectivity index (χ4v) is 3.75. The first-order chi connectivity index (χ1) is 13.8. The number of nitrogens with zero attached hydrogens (tertiary/aromatic N) is 2. The largest absolute Gasteiger partial charge is 0.359 e. The number of nitrogens with one attached hydrogen (secondary N) is 2. The number of pyridine rings is 1. The molecule has 0 atom stereocenters. The number of aromatic amines is 1. The van der Waals surface area contributed by atoms with Gasteiger partial charge in [0.05, 0.1) is 11.4 Å². The Kier molecular flexibility index (Phi) is 4.05. The zero-order valence-electron chi connectivity index (χ0n) is 15.4. The van der Waals surface area contributed by atoms with Crippen molar-refractivity contribution in [1.29, 1.82) is 0 Å². The van der Waals surface area contributed by atoms with E-state index in [2.05, 4.69) is 33.5 Å². The number of aromatic nitrogens is 2. The minimum atomic E-state index is -0.0810. The lowest BCUT2D eigenvalue weighted by Crippen LogP contribution is -2.38. The molecule has 0 aliphatic carbocycles. The summed E-state index contributed by atoms with van der Waals surface area (Å²) in [4.78, 5) is 22.4. The summed E-state index contributed by atoms with van der Waals surface area (Å²) >= 11 is 0. The predicted octanol–water partition coefficient (Wildman–Crippen LogP) is 4.82. The molecular formula is C23H20N4O. The SMILES string of the molecule is O=C(Nc1c[nH]c2ccccc12)N1CCc2cc(-c3ccccc3)ncc2C1. The van der Waals surface area contributed by atoms with Gasteiger partial charge in [-0.2, -0.15) is 0 Å². The molecule has 1 aliphatic rings. The molecule has 0 saturated heterocycles. The van der Waals surface area contributed by atoms with Gasteiger partial charge in [-0.15, -0.1) is 0 Å². The van der Waals surface area contributed by atoms with Gasteiger partial charge in [0, 0.05) is 41.9 Å². The van der Waals surface area contributed by atoms with Crippen molar-refractivity contribution in [2.24, 2.45) is 0 Å². The van der Waals surface area contributed by atoms with Crippen LogP contribution in [-0.4, -0.2) is 27.4 Å². The van der Waals surface area contributed by atoms with E-state index in [4.69, 9.17) is 0 Å². The standard InChI is InChI=1S/C23H20N4O/c28-23(26-22-14-25-20-9-5-4-8-19(20)22)27-11-10-17-12-21(24-13-18(17)15-27)16-6-2-1-3-7-16/h1-9,12-14,25H,10-11,15H2,(H,26,28). The van der Waals surface area contributed by atoms with Crippen LogP contribution < -0.4 is 5.32 Å². The van der Waals surface area contributed by atoms with Crippen LogP contribution in [0.1, 0.15) is 11.1 Å². The molecule has 0 radical (unpaired) electrons. The molecule has 2 aromatic carbocycles. The third-order valence-electron chi connectivity index (χ3n) is 5.28. The smallest absolute Gasteiger partial charge is 0.322 e. The maximum Gasteiger partial charge on any atom is 0.322 e. The maximum atomic E-state index is 12.8. The maximum absolute atomic E-state index is 12.8. The van der Waals surface area contributed by atoms with Crippen LogP contribution in [-0.2, 0) is 13.0 Å². The van der Waals surface area contributed by atoms with Gasteiger partial charge < -0.3 is 15.2 Å². The summed E-state index contributed by atoms with van der Waals surface area (Å²) in [6, 6.07) is 20.2. The monoisotopic (exact) mass is 368 g/mol. The molecule has 5 rings (SSSR count). The molecule has 0 saturated carbocycles. The highest BCUT2D eigenvalue weighted by Crippen LogP contribution is 2.26. The first kappa shape index (κ1) is 16.6. The molecule has 2 aromatic heterocycles. The van der Waals surface area contributed by atoms with Crippen LogP contribution in [0.2, 0.25) is 0 Å². The first-order valence-corrected chi connectivity index (χ1v) is 9.43. The number of anilines is 1. The molecule has 0 bridgehead atoms. The van der Waals surface area contributed by atoms with Gasteiger partial charge in [0.1, 0.15) is 0 Å². The van der Waals surface area contributed by atoms with Gasteiger partial charge in [-0.1, -0.05) is 48.5 Å². The molecule has 5 nitrogen and oxygen atoms in total. The average molecular weight is 368 g/mol. The molecule has 4 aromatic rings. The van der Waals surface area contributed by atoms with E-state index in [1.54, 1.807) is 0 Å². The molecule has 2 amide bonds. The van der Waals surface area contributed by atoms with Gasteiger partial charge in [-0.3, -0.25) is 4.98 Å². The normalized spacial score (nSPS) is 13.4. The Bertz CT molecular complexity index is 1150. The van der Waals surface area contributed by atoms with E-state index in [0.717, 1.165) is 39.8 Å². The summed E-state index contributed by atoms with van der Waals surface area (Å²) < 4.78 is 0. The summed E-state index contributed by atoms with van der Waals surface area (Å²) in [7, 11) is 0. The van der Waals surface area contributed by atoms with Crippen molar-refractivity contribution in [2.45, 2.75) is 13.0 Å². The van der Waals surface area contributed by atoms with Gasteiger partial charge in [0.25, 0.3) is 0 Å². The second-order valence-electron chi connectivity index (χ2n) is 7.05. The van der Waals surface area contributed by atoms with E-state index in [9.17, 15) is 4.79 Å². The second kappa shape index (κ2) is 6.85. The molecule has 0 fully saturated rings. The quantitative estimate of drug-likeness (QED) is 0.533. The van der Waals surface area contributed by atoms with Gasteiger partial charge in [-0.25, -0.2) is 4.79 Å². The molecule has 28 heavy (non-hydrogen) atoms. The van der Waals surface area contributed by atoms with Gasteiger partial charge in [-0.05, 0) is 29.7 Å². The Morgan fingerprint density at radius 3 is 2.75 bits per heavy atom. The molecule has 1 aliphatic heterocycles. The Morgan fingerprint density at radius 2 is 1.86 bits per heavy atom. The zero-order chi connectivity index (χ0) is 18.9. The number of hydrogen-bond donors (Lipinski definition) is 2. The van der Waals surface area contributed by atoms with Crippen molar-refractivity contribution >= 4 is 22.6 Å². The van der Waals surface area contributed by atoms with Crippen molar-refractivity contribution < 1.29 is 4.79 Å². The summed E-state index contributed by atoms with van der Waals surface area (Å²) in [5.74, 6) is 0. The van der Waals surface area contributed by atoms with E-state index in [-0.39, 0.29) is 6.03 Å². The molecular weight excluding hydrogens is 348 g/mol. The van der Waals surface area contributed by atoms with Crippen LogP contribution in [0.5, 0.6) is 0 Å². The molecule has 0 spiro atoms. The number of para-hydroxylation sites is 1. The lowest BCUT2D eigenvalue weighted by Gasteiger charge is -2.29. The number of amides is 2. The van der Waals surface area contributed by atoms with Gasteiger partial charge in [0.15, 0.2) is 0 Å². The lowest BCUT2D eigenvalue weighted by molar-refractivity contribution is 0.206. The summed E-state index contributed by atoms with van der Waals surface area (Å²) in [5, 5.41) is 4.05. The van der Waals surface area contributed by atoms with Crippen LogP contribution in [0.15, 0.2) is 73.1 Å². The van der Waals surface area contributed by atoms with Gasteiger partial charge in [0.2, 0.25) is 0 Å². The van der Waals surface area contributed by atoms with Crippen molar-refractivity contribution in [3.63, 3.8) is 0 Å². The summed E-state index contributed by atoms with van der Waals surface area (Å²) in [6.07, 6.45) is 4.58. The van der Waals surface area contributed by atoms with Crippen molar-refractivity contribution in [3.05, 3.63) is 84.2 Å².